The van der Waals surface area contributed by atoms with Gasteiger partial charge in [0.05, 0.1) is 22.3 Å². The predicted molar refractivity (Wildman–Crippen MR) is 119 cm³/mol. The summed E-state index contributed by atoms with van der Waals surface area (Å²) >= 11 is 0. The molecule has 0 bridgehead atoms. The van der Waals surface area contributed by atoms with Crippen molar-refractivity contribution in [3.05, 3.63) is 66.7 Å². The molecule has 156 valence electrons. The van der Waals surface area contributed by atoms with Crippen LogP contribution in [0.2, 0.25) is 0 Å². The first-order valence-electron chi connectivity index (χ1n) is 10.1. The number of nitrogens with two attached hydrogens (primary N) is 1. The van der Waals surface area contributed by atoms with Gasteiger partial charge in [-0.2, -0.15) is 10.2 Å². The fourth-order valence-electron chi connectivity index (χ4n) is 3.60. The third-order valence-electron chi connectivity index (χ3n) is 5.20. The standard InChI is InChI=1S/C22H22N8O/c23-22-17-13-30(10-7-20(31)25-12-15-3-1-2-8-24-15)29-21(17)16-5-4-14(11-19(16)27-22)18-6-9-26-28-18/h1-6,8-9,11,13,20,25,31H,7,10,12H2,(H2,23,27)(H,26,28). The van der Waals surface area contributed by atoms with E-state index in [4.69, 9.17) is 10.8 Å². The molecule has 31 heavy (non-hydrogen) atoms. The Morgan fingerprint density at radius 1 is 1.16 bits per heavy atom. The van der Waals surface area contributed by atoms with Crippen molar-refractivity contribution in [2.45, 2.75) is 25.7 Å². The minimum Gasteiger partial charge on any atom is -0.383 e. The Bertz CT molecular complexity index is 1310. The minimum atomic E-state index is -0.669. The molecule has 0 radical (unpaired) electrons. The van der Waals surface area contributed by atoms with Crippen LogP contribution in [0.25, 0.3) is 33.1 Å². The lowest BCUT2D eigenvalue weighted by molar-refractivity contribution is 0.119. The normalized spacial score (nSPS) is 12.5. The van der Waals surface area contributed by atoms with Crippen LogP contribution in [0.4, 0.5) is 5.82 Å². The molecule has 0 aliphatic heterocycles. The maximum atomic E-state index is 10.3. The van der Waals surface area contributed by atoms with Gasteiger partial charge in [0.2, 0.25) is 0 Å². The van der Waals surface area contributed by atoms with Crippen LogP contribution >= 0.6 is 0 Å². The van der Waals surface area contributed by atoms with Crippen LogP contribution in [0, 0.1) is 0 Å². The second-order valence-corrected chi connectivity index (χ2v) is 7.35. The molecular formula is C22H22N8O. The fraction of sp³-hybridized carbons (Fsp3) is 0.182. The first-order valence-corrected chi connectivity index (χ1v) is 10.1. The Balaban J connectivity index is 1.34. The summed E-state index contributed by atoms with van der Waals surface area (Å²) in [4.78, 5) is 8.80. The van der Waals surface area contributed by atoms with Crippen molar-refractivity contribution in [1.29, 1.82) is 0 Å². The highest BCUT2D eigenvalue weighted by atomic mass is 16.3. The van der Waals surface area contributed by atoms with Crippen molar-refractivity contribution in [3.8, 4) is 11.3 Å². The molecule has 1 atom stereocenters. The van der Waals surface area contributed by atoms with E-state index in [2.05, 4.69) is 25.5 Å². The summed E-state index contributed by atoms with van der Waals surface area (Å²) in [6.07, 6.45) is 5.22. The van der Waals surface area contributed by atoms with Crippen LogP contribution in [0.1, 0.15) is 12.1 Å². The monoisotopic (exact) mass is 414 g/mol. The zero-order chi connectivity index (χ0) is 21.2. The fourth-order valence-corrected chi connectivity index (χ4v) is 3.60. The highest BCUT2D eigenvalue weighted by Crippen LogP contribution is 2.29. The third-order valence-corrected chi connectivity index (χ3v) is 5.20. The Kier molecular flexibility index (Phi) is 5.03. The van der Waals surface area contributed by atoms with Crippen molar-refractivity contribution in [3.63, 3.8) is 0 Å². The number of aromatic amines is 1. The molecule has 1 aromatic carbocycles. The van der Waals surface area contributed by atoms with Gasteiger partial charge in [-0.1, -0.05) is 12.1 Å². The third kappa shape index (κ3) is 3.96. The summed E-state index contributed by atoms with van der Waals surface area (Å²) in [7, 11) is 0. The number of hydrogen-bond donors (Lipinski definition) is 4. The van der Waals surface area contributed by atoms with Gasteiger partial charge < -0.3 is 10.8 Å². The van der Waals surface area contributed by atoms with E-state index in [1.165, 1.54) is 0 Å². The Morgan fingerprint density at radius 3 is 2.90 bits per heavy atom. The molecule has 0 amide bonds. The Hall–Kier alpha value is -3.82. The molecule has 0 aliphatic carbocycles. The number of nitrogen functional groups attached to an aromatic ring is 1. The van der Waals surface area contributed by atoms with Gasteiger partial charge in [0.15, 0.2) is 0 Å². The number of pyridine rings is 2. The predicted octanol–water partition coefficient (Wildman–Crippen LogP) is 2.45. The first-order chi connectivity index (χ1) is 15.2. The number of aryl methyl sites for hydroxylation is 1. The second kappa shape index (κ2) is 8.13. The van der Waals surface area contributed by atoms with Crippen molar-refractivity contribution < 1.29 is 5.11 Å². The number of nitrogens with zero attached hydrogens (tertiary/aromatic N) is 5. The van der Waals surface area contributed by atoms with Gasteiger partial charge in [0.1, 0.15) is 17.6 Å². The number of aromatic nitrogens is 6. The molecule has 5 N–H and O–H groups in total. The molecule has 5 rings (SSSR count). The van der Waals surface area contributed by atoms with Gasteiger partial charge >= 0.3 is 0 Å². The lowest BCUT2D eigenvalue weighted by Gasteiger charge is -2.12. The second-order valence-electron chi connectivity index (χ2n) is 7.35. The number of H-pyrrole nitrogens is 1. The Morgan fingerprint density at radius 2 is 2.10 bits per heavy atom. The molecule has 4 aromatic heterocycles. The van der Waals surface area contributed by atoms with Gasteiger partial charge in [-0.05, 0) is 30.3 Å². The van der Waals surface area contributed by atoms with E-state index in [1.54, 1.807) is 17.1 Å². The summed E-state index contributed by atoms with van der Waals surface area (Å²) in [6, 6.07) is 13.6. The topological polar surface area (TPSA) is 131 Å². The lowest BCUT2D eigenvalue weighted by atomic mass is 10.1. The molecule has 0 aliphatic rings. The van der Waals surface area contributed by atoms with E-state index < -0.39 is 6.23 Å². The van der Waals surface area contributed by atoms with Crippen LogP contribution in [-0.2, 0) is 13.1 Å². The molecule has 9 heteroatoms. The van der Waals surface area contributed by atoms with E-state index >= 15 is 0 Å². The highest BCUT2D eigenvalue weighted by Gasteiger charge is 2.13. The summed E-state index contributed by atoms with van der Waals surface area (Å²) < 4.78 is 1.80. The van der Waals surface area contributed by atoms with Crippen molar-refractivity contribution in [1.82, 2.24) is 35.3 Å². The van der Waals surface area contributed by atoms with E-state index in [9.17, 15) is 5.11 Å². The summed E-state index contributed by atoms with van der Waals surface area (Å²) in [5.41, 5.74) is 10.5. The molecule has 4 heterocycles. The maximum Gasteiger partial charge on any atom is 0.135 e. The van der Waals surface area contributed by atoms with Crippen molar-refractivity contribution in [2.75, 3.05) is 5.73 Å². The van der Waals surface area contributed by atoms with E-state index in [-0.39, 0.29) is 0 Å². The van der Waals surface area contributed by atoms with Gasteiger partial charge in [-0.15, -0.1) is 0 Å². The number of anilines is 1. The largest absolute Gasteiger partial charge is 0.383 e. The summed E-state index contributed by atoms with van der Waals surface area (Å²) in [5.74, 6) is 0.432. The zero-order valence-corrected chi connectivity index (χ0v) is 16.7. The van der Waals surface area contributed by atoms with Crippen LogP contribution < -0.4 is 11.1 Å². The molecule has 0 spiro atoms. The number of benzene rings is 1. The Labute approximate surface area is 177 Å². The highest BCUT2D eigenvalue weighted by molar-refractivity contribution is 6.08. The average molecular weight is 414 g/mol. The number of nitrogens with one attached hydrogen (secondary N) is 2. The van der Waals surface area contributed by atoms with Crippen molar-refractivity contribution >= 4 is 27.6 Å². The minimum absolute atomic E-state index is 0.432. The van der Waals surface area contributed by atoms with Gasteiger partial charge in [-0.3, -0.25) is 20.1 Å². The van der Waals surface area contributed by atoms with Gasteiger partial charge in [-0.25, -0.2) is 4.98 Å². The maximum absolute atomic E-state index is 10.3. The number of rotatable bonds is 7. The SMILES string of the molecule is Nc1nc2cc(-c3cc[nH]n3)ccc2c2nn(CCC(O)NCc3ccccn3)cc12. The van der Waals surface area contributed by atoms with Crippen LogP contribution in [-0.4, -0.2) is 41.3 Å². The van der Waals surface area contributed by atoms with E-state index in [0.29, 0.717) is 25.3 Å². The van der Waals surface area contributed by atoms with Gasteiger partial charge in [0.25, 0.3) is 0 Å². The van der Waals surface area contributed by atoms with E-state index in [1.807, 2.05) is 48.7 Å². The van der Waals surface area contributed by atoms with Crippen LogP contribution in [0.5, 0.6) is 0 Å². The zero-order valence-electron chi connectivity index (χ0n) is 16.7. The number of hydrogen-bond acceptors (Lipinski definition) is 7. The van der Waals surface area contributed by atoms with Crippen molar-refractivity contribution in [2.24, 2.45) is 0 Å². The van der Waals surface area contributed by atoms with Gasteiger partial charge in [0, 0.05) is 49.1 Å². The van der Waals surface area contributed by atoms with E-state index in [0.717, 1.165) is 38.8 Å². The lowest BCUT2D eigenvalue weighted by Crippen LogP contribution is -2.29. The molecule has 5 aromatic rings. The number of aliphatic hydroxyl groups is 1. The molecule has 0 saturated heterocycles. The van der Waals surface area contributed by atoms with Crippen LogP contribution in [0.15, 0.2) is 61.1 Å². The quantitative estimate of drug-likeness (QED) is 0.301. The summed E-state index contributed by atoms with van der Waals surface area (Å²) in [5, 5.41) is 26.8. The molecular weight excluding hydrogens is 392 g/mol. The summed E-state index contributed by atoms with van der Waals surface area (Å²) in [6.45, 7) is 1.04. The number of aliphatic hydroxyl groups excluding tert-OH is 1. The molecule has 1 unspecified atom stereocenters. The molecule has 0 saturated carbocycles. The number of fused-ring (bicyclic) bond motifs is 3. The molecule has 9 nitrogen and oxygen atoms in total. The average Bonchev–Trinajstić information content (AvgIpc) is 3.47. The van der Waals surface area contributed by atoms with Crippen LogP contribution in [0.3, 0.4) is 0 Å². The first kappa shape index (κ1) is 19.2. The smallest absolute Gasteiger partial charge is 0.135 e. The molecule has 0 fully saturated rings.